The lowest BCUT2D eigenvalue weighted by Gasteiger charge is -2.15. The average molecular weight is 451 g/mol. The molecule has 0 spiro atoms. The lowest BCUT2D eigenvalue weighted by Crippen LogP contribution is -2.11. The molecule has 0 fully saturated rings. The fourth-order valence-corrected chi connectivity index (χ4v) is 3.17. The number of ether oxygens (including phenoxy) is 1. The van der Waals surface area contributed by atoms with E-state index in [4.69, 9.17) is 10.2 Å². The van der Waals surface area contributed by atoms with Crippen LogP contribution in [-0.2, 0) is 11.2 Å². The Morgan fingerprint density at radius 3 is 2.91 bits per heavy atom. The molecule has 3 aromatic rings. The fraction of sp³-hybridized carbons (Fsp3) is 0.269. The van der Waals surface area contributed by atoms with Crippen LogP contribution >= 0.6 is 0 Å². The van der Waals surface area contributed by atoms with Crippen molar-refractivity contribution in [3.63, 3.8) is 0 Å². The second-order valence-electron chi connectivity index (χ2n) is 7.61. The van der Waals surface area contributed by atoms with E-state index >= 15 is 0 Å². The van der Waals surface area contributed by atoms with Crippen LogP contribution in [0, 0.1) is 24.1 Å². The molecule has 7 heteroatoms. The van der Waals surface area contributed by atoms with Gasteiger partial charge in [-0.15, -0.1) is 0 Å². The number of ketones is 1. The predicted octanol–water partition coefficient (Wildman–Crippen LogP) is 4.93. The van der Waals surface area contributed by atoms with E-state index in [9.17, 15) is 14.4 Å². The number of hydrogen-bond donors (Lipinski definition) is 1. The van der Waals surface area contributed by atoms with E-state index in [-0.39, 0.29) is 46.8 Å². The van der Waals surface area contributed by atoms with Crippen LogP contribution in [0.3, 0.4) is 0 Å². The molecule has 0 saturated heterocycles. The first-order chi connectivity index (χ1) is 17.5. The van der Waals surface area contributed by atoms with E-state index in [1.807, 2.05) is 6.07 Å². The lowest BCUT2D eigenvalue weighted by atomic mass is 10.0. The SMILES string of the molecule is [2H]/C(=C\C(=O)Cc1cc2c(Nc3c([2H])c([2H])c(F)c(C)c3[2H])c(C#N)cnc2cc1OCC)CN(C)C. The summed E-state index contributed by atoms with van der Waals surface area (Å²) in [6.45, 7) is 3.79. The van der Waals surface area contributed by atoms with Gasteiger partial charge in [0.05, 0.1) is 28.9 Å². The number of benzene rings is 2. The molecule has 0 aliphatic heterocycles. The van der Waals surface area contributed by atoms with Gasteiger partial charge in [0.2, 0.25) is 0 Å². The van der Waals surface area contributed by atoms with E-state index in [0.29, 0.717) is 35.4 Å². The highest BCUT2D eigenvalue weighted by molar-refractivity contribution is 5.98. The molecule has 33 heavy (non-hydrogen) atoms. The monoisotopic (exact) mass is 450 g/mol. The van der Waals surface area contributed by atoms with Gasteiger partial charge in [-0.1, -0.05) is 6.05 Å². The van der Waals surface area contributed by atoms with Gasteiger partial charge < -0.3 is 15.0 Å². The van der Waals surface area contributed by atoms with Crippen molar-refractivity contribution in [3.05, 3.63) is 71.1 Å². The number of nitriles is 1. The van der Waals surface area contributed by atoms with Gasteiger partial charge in [0.15, 0.2) is 5.78 Å². The summed E-state index contributed by atoms with van der Waals surface area (Å²) in [7, 11) is 3.60. The summed E-state index contributed by atoms with van der Waals surface area (Å²) < 4.78 is 52.4. The molecule has 2 aromatic carbocycles. The first-order valence-corrected chi connectivity index (χ1v) is 10.3. The standard InChI is InChI=1S/C26H27FN4O2/c1-5-33-25-14-24-22(13-18(25)12-21(32)7-6-10-31(3)4)26(19(15-28)16-29-24)30-20-8-9-23(27)17(2)11-20/h6-9,11,13-14,16H,5,10,12H2,1-4H3,(H,29,30)/b7-6+/i6D,8D,9D,11D. The second kappa shape index (κ2) is 10.7. The number of rotatable bonds is 9. The zero-order chi connectivity index (χ0) is 27.4. The van der Waals surface area contributed by atoms with E-state index in [1.165, 1.54) is 19.2 Å². The highest BCUT2D eigenvalue weighted by atomic mass is 19.1. The minimum atomic E-state index is -0.945. The Balaban J connectivity index is 2.19. The number of anilines is 2. The number of hydrogen-bond acceptors (Lipinski definition) is 6. The van der Waals surface area contributed by atoms with E-state index in [0.717, 1.165) is 0 Å². The van der Waals surface area contributed by atoms with Crippen LogP contribution in [0.1, 0.15) is 29.1 Å². The zero-order valence-electron chi connectivity index (χ0n) is 23.0. The smallest absolute Gasteiger partial charge is 0.159 e. The van der Waals surface area contributed by atoms with Crippen molar-refractivity contribution in [1.82, 2.24) is 9.88 Å². The van der Waals surface area contributed by atoms with Gasteiger partial charge in [-0.25, -0.2) is 4.39 Å². The van der Waals surface area contributed by atoms with Crippen LogP contribution < -0.4 is 10.1 Å². The van der Waals surface area contributed by atoms with Gasteiger partial charge in [-0.2, -0.15) is 5.26 Å². The van der Waals surface area contributed by atoms with Crippen LogP contribution in [-0.4, -0.2) is 42.9 Å². The normalized spacial score (nSPS) is 13.2. The molecule has 1 aromatic heterocycles. The van der Waals surface area contributed by atoms with E-state index in [1.54, 1.807) is 38.1 Å². The summed E-state index contributed by atoms with van der Waals surface area (Å²) in [6.07, 6.45) is 2.52. The number of nitrogens with zero attached hydrogens (tertiary/aromatic N) is 3. The molecule has 0 aliphatic carbocycles. The van der Waals surface area contributed by atoms with Gasteiger partial charge in [0, 0.05) is 41.9 Å². The zero-order valence-corrected chi connectivity index (χ0v) is 19.0. The number of fused-ring (bicyclic) bond motifs is 1. The number of likely N-dealkylation sites (N-methyl/N-ethyl adjacent to an activating group) is 1. The molecule has 0 saturated carbocycles. The number of aromatic nitrogens is 1. The Labute approximate surface area is 198 Å². The average Bonchev–Trinajstić information content (AvgIpc) is 2.84. The van der Waals surface area contributed by atoms with Crippen molar-refractivity contribution in [2.24, 2.45) is 0 Å². The Bertz CT molecular complexity index is 1420. The second-order valence-corrected chi connectivity index (χ2v) is 7.61. The van der Waals surface area contributed by atoms with Crippen LogP contribution in [0.2, 0.25) is 0 Å². The summed E-state index contributed by atoms with van der Waals surface area (Å²) in [4.78, 5) is 18.8. The maximum Gasteiger partial charge on any atom is 0.159 e. The number of carbonyl (C=O) groups excluding carboxylic acids is 1. The third kappa shape index (κ3) is 5.93. The van der Waals surface area contributed by atoms with Crippen LogP contribution in [0.4, 0.5) is 15.8 Å². The highest BCUT2D eigenvalue weighted by Gasteiger charge is 2.16. The Hall–Kier alpha value is -3.76. The summed E-state index contributed by atoms with van der Waals surface area (Å²) in [5.74, 6) is -0.827. The largest absolute Gasteiger partial charge is 0.494 e. The summed E-state index contributed by atoms with van der Waals surface area (Å²) in [5, 5.41) is 13.1. The topological polar surface area (TPSA) is 78.2 Å². The molecule has 6 nitrogen and oxygen atoms in total. The minimum absolute atomic E-state index is 0.0722. The molecule has 1 heterocycles. The first kappa shape index (κ1) is 18.8. The van der Waals surface area contributed by atoms with Gasteiger partial charge >= 0.3 is 0 Å². The molecular weight excluding hydrogens is 419 g/mol. The summed E-state index contributed by atoms with van der Waals surface area (Å²) in [6, 6.07) is 3.98. The quantitative estimate of drug-likeness (QED) is 0.466. The molecule has 170 valence electrons. The maximum atomic E-state index is 14.2. The third-order valence-electron chi connectivity index (χ3n) is 4.69. The van der Waals surface area contributed by atoms with Crippen molar-refractivity contribution >= 4 is 28.1 Å². The van der Waals surface area contributed by atoms with Crippen LogP contribution in [0.5, 0.6) is 5.75 Å². The van der Waals surface area contributed by atoms with Crippen molar-refractivity contribution in [1.29, 1.82) is 5.26 Å². The molecule has 0 atom stereocenters. The van der Waals surface area contributed by atoms with Crippen molar-refractivity contribution in [2.75, 3.05) is 32.6 Å². The summed E-state index contributed by atoms with van der Waals surface area (Å²) in [5.41, 5.74) is 1.02. The van der Waals surface area contributed by atoms with Crippen LogP contribution in [0.25, 0.3) is 10.9 Å². The van der Waals surface area contributed by atoms with Crippen molar-refractivity contribution in [2.45, 2.75) is 20.3 Å². The first-order valence-electron chi connectivity index (χ1n) is 12.3. The lowest BCUT2D eigenvalue weighted by molar-refractivity contribution is -0.114. The van der Waals surface area contributed by atoms with Crippen molar-refractivity contribution in [3.8, 4) is 11.8 Å². The molecular formula is C26H27FN4O2. The fourth-order valence-electron chi connectivity index (χ4n) is 3.17. The third-order valence-corrected chi connectivity index (χ3v) is 4.69. The molecule has 0 amide bonds. The predicted molar refractivity (Wildman–Crippen MR) is 128 cm³/mol. The van der Waals surface area contributed by atoms with Gasteiger partial charge in [-0.3, -0.25) is 9.78 Å². The molecule has 1 N–H and O–H groups in total. The van der Waals surface area contributed by atoms with Gasteiger partial charge in [0.25, 0.3) is 0 Å². The number of carbonyl (C=O) groups is 1. The Kier molecular flexibility index (Phi) is 6.09. The van der Waals surface area contributed by atoms with Gasteiger partial charge in [-0.05, 0) is 63.8 Å². The molecule has 0 unspecified atom stereocenters. The van der Waals surface area contributed by atoms with Crippen molar-refractivity contribution < 1.29 is 19.4 Å². The number of allylic oxidation sites excluding steroid dienone is 1. The van der Waals surface area contributed by atoms with Gasteiger partial charge in [0.1, 0.15) is 17.6 Å². The summed E-state index contributed by atoms with van der Waals surface area (Å²) >= 11 is 0. The molecule has 0 bridgehead atoms. The minimum Gasteiger partial charge on any atom is -0.494 e. The molecule has 0 aliphatic rings. The Morgan fingerprint density at radius 1 is 1.42 bits per heavy atom. The van der Waals surface area contributed by atoms with Crippen LogP contribution in [0.15, 0.2) is 48.6 Å². The van der Waals surface area contributed by atoms with E-state index in [2.05, 4.69) is 10.3 Å². The van der Waals surface area contributed by atoms with E-state index < -0.39 is 17.9 Å². The Morgan fingerprint density at radius 2 is 2.21 bits per heavy atom. The molecule has 0 radical (unpaired) electrons. The molecule has 3 rings (SSSR count). The number of pyridine rings is 1. The highest BCUT2D eigenvalue weighted by Crippen LogP contribution is 2.34. The number of nitrogens with one attached hydrogen (secondary N) is 1. The maximum absolute atomic E-state index is 14.2. The number of halogens is 1.